The second-order valence-corrected chi connectivity index (χ2v) is 8.35. The summed E-state index contributed by atoms with van der Waals surface area (Å²) < 4.78 is 2.31. The maximum Gasteiger partial charge on any atom is 0.236 e. The fourth-order valence-corrected chi connectivity index (χ4v) is 4.76. The molecule has 0 fully saturated rings. The fraction of sp³-hybridized carbons (Fsp3) is 0.296. The van der Waals surface area contributed by atoms with Gasteiger partial charge in [0.2, 0.25) is 6.34 Å². The third-order valence-corrected chi connectivity index (χ3v) is 6.27. The Morgan fingerprint density at radius 3 is 1.60 bits per heavy atom. The summed E-state index contributed by atoms with van der Waals surface area (Å²) in [6.45, 7) is 6.31. The van der Waals surface area contributed by atoms with Crippen molar-refractivity contribution in [3.05, 3.63) is 108 Å². The molecule has 1 aliphatic heterocycles. The summed E-state index contributed by atoms with van der Waals surface area (Å²) in [7, 11) is 0. The molecular formula is C27H31N2O+. The lowest BCUT2D eigenvalue weighted by Gasteiger charge is -2.38. The standard InChI is InChI=1S/C27H31N2O/c1-22(2)26(20-30)28-18-19-29(21-28)27(23-12-6-3-7-13-23,24-14-8-4-9-15-24)25-16-10-5-11-17-25/h3-17,21-22,26,30H,18-20H2,1-2H3/q+1/t26-/m1/s1. The summed E-state index contributed by atoms with van der Waals surface area (Å²) in [5, 5.41) is 10.0. The van der Waals surface area contributed by atoms with E-state index in [4.69, 9.17) is 0 Å². The topological polar surface area (TPSA) is 26.5 Å². The van der Waals surface area contributed by atoms with Gasteiger partial charge in [-0.25, -0.2) is 4.90 Å². The van der Waals surface area contributed by atoms with Gasteiger partial charge in [0.05, 0.1) is 6.61 Å². The first-order valence-electron chi connectivity index (χ1n) is 10.8. The molecule has 0 bridgehead atoms. The Labute approximate surface area is 179 Å². The van der Waals surface area contributed by atoms with Crippen LogP contribution in [0.15, 0.2) is 91.0 Å². The molecular weight excluding hydrogens is 368 g/mol. The van der Waals surface area contributed by atoms with E-state index in [0.717, 1.165) is 13.1 Å². The predicted molar refractivity (Wildman–Crippen MR) is 123 cm³/mol. The molecule has 0 amide bonds. The molecule has 4 rings (SSSR count). The largest absolute Gasteiger partial charge is 0.392 e. The Morgan fingerprint density at radius 1 is 0.800 bits per heavy atom. The van der Waals surface area contributed by atoms with Gasteiger partial charge in [-0.1, -0.05) is 105 Å². The minimum Gasteiger partial charge on any atom is -0.392 e. The smallest absolute Gasteiger partial charge is 0.236 e. The molecule has 0 saturated heterocycles. The quantitative estimate of drug-likeness (QED) is 0.472. The van der Waals surface area contributed by atoms with E-state index in [-0.39, 0.29) is 12.6 Å². The average molecular weight is 400 g/mol. The molecule has 154 valence electrons. The van der Waals surface area contributed by atoms with Crippen molar-refractivity contribution in [1.29, 1.82) is 0 Å². The molecule has 3 heteroatoms. The van der Waals surface area contributed by atoms with Gasteiger partial charge < -0.3 is 5.11 Å². The number of rotatable bonds is 7. The zero-order valence-electron chi connectivity index (χ0n) is 17.9. The maximum absolute atomic E-state index is 10.0. The average Bonchev–Trinajstić information content (AvgIpc) is 3.27. The zero-order valence-corrected chi connectivity index (χ0v) is 17.9. The van der Waals surface area contributed by atoms with Crippen molar-refractivity contribution in [1.82, 2.24) is 4.90 Å². The van der Waals surface area contributed by atoms with Crippen molar-refractivity contribution in [2.24, 2.45) is 5.92 Å². The number of hydrogen-bond donors (Lipinski definition) is 1. The minimum atomic E-state index is -0.435. The highest BCUT2D eigenvalue weighted by Crippen LogP contribution is 2.42. The van der Waals surface area contributed by atoms with Crippen LogP contribution in [0, 0.1) is 5.92 Å². The van der Waals surface area contributed by atoms with Crippen LogP contribution in [-0.4, -0.2) is 46.7 Å². The molecule has 0 aliphatic carbocycles. The van der Waals surface area contributed by atoms with Gasteiger partial charge in [-0.15, -0.1) is 0 Å². The molecule has 0 radical (unpaired) electrons. The second-order valence-electron chi connectivity index (χ2n) is 8.35. The van der Waals surface area contributed by atoms with E-state index < -0.39 is 5.54 Å². The van der Waals surface area contributed by atoms with Gasteiger partial charge in [0.25, 0.3) is 0 Å². The molecule has 1 N–H and O–H groups in total. The normalized spacial score (nSPS) is 15.3. The number of aliphatic hydroxyl groups excluding tert-OH is 1. The molecule has 1 aliphatic rings. The van der Waals surface area contributed by atoms with Gasteiger partial charge in [-0.3, -0.25) is 4.58 Å². The van der Waals surface area contributed by atoms with Gasteiger partial charge in [0.15, 0.2) is 5.54 Å². The van der Waals surface area contributed by atoms with Crippen molar-refractivity contribution in [2.45, 2.75) is 25.4 Å². The summed E-state index contributed by atoms with van der Waals surface area (Å²) in [5.41, 5.74) is 3.29. The first-order chi connectivity index (χ1) is 14.7. The Kier molecular flexibility index (Phi) is 6.01. The number of hydrogen-bond acceptors (Lipinski definition) is 2. The highest BCUT2D eigenvalue weighted by Gasteiger charge is 2.48. The molecule has 0 saturated carbocycles. The Bertz CT molecular complexity index is 871. The molecule has 1 heterocycles. The highest BCUT2D eigenvalue weighted by molar-refractivity contribution is 5.61. The van der Waals surface area contributed by atoms with Crippen LogP contribution in [0.25, 0.3) is 0 Å². The third-order valence-electron chi connectivity index (χ3n) is 6.27. The molecule has 30 heavy (non-hydrogen) atoms. The second kappa shape index (κ2) is 8.85. The van der Waals surface area contributed by atoms with E-state index in [1.165, 1.54) is 16.7 Å². The molecule has 0 aromatic heterocycles. The SMILES string of the molecule is CC(C)[C@@H](CO)[N+]1=CN(C(c2ccccc2)(c2ccccc2)c2ccccc2)CC1. The lowest BCUT2D eigenvalue weighted by atomic mass is 9.76. The number of nitrogens with zero attached hydrogens (tertiary/aromatic N) is 2. The molecule has 3 aromatic rings. The zero-order chi connectivity index (χ0) is 21.0. The van der Waals surface area contributed by atoms with E-state index in [0.29, 0.717) is 5.92 Å². The summed E-state index contributed by atoms with van der Waals surface area (Å²) >= 11 is 0. The highest BCUT2D eigenvalue weighted by atomic mass is 16.3. The first-order valence-corrected chi connectivity index (χ1v) is 10.8. The number of aliphatic hydroxyl groups is 1. The fourth-order valence-electron chi connectivity index (χ4n) is 4.76. The molecule has 3 nitrogen and oxygen atoms in total. The van der Waals surface area contributed by atoms with E-state index in [9.17, 15) is 5.11 Å². The van der Waals surface area contributed by atoms with E-state index in [1.54, 1.807) is 0 Å². The third kappa shape index (κ3) is 3.54. The van der Waals surface area contributed by atoms with Gasteiger partial charge in [0.1, 0.15) is 19.1 Å². The Hall–Kier alpha value is -2.91. The van der Waals surface area contributed by atoms with Crippen LogP contribution >= 0.6 is 0 Å². The molecule has 0 unspecified atom stereocenters. The minimum absolute atomic E-state index is 0.120. The van der Waals surface area contributed by atoms with Crippen LogP contribution in [-0.2, 0) is 5.54 Å². The first kappa shape index (κ1) is 20.4. The van der Waals surface area contributed by atoms with E-state index in [1.807, 2.05) is 0 Å². The summed E-state index contributed by atoms with van der Waals surface area (Å²) in [4.78, 5) is 2.46. The number of benzene rings is 3. The van der Waals surface area contributed by atoms with E-state index in [2.05, 4.69) is 121 Å². The van der Waals surface area contributed by atoms with Crippen LogP contribution in [0.4, 0.5) is 0 Å². The van der Waals surface area contributed by atoms with Crippen LogP contribution in [0.1, 0.15) is 30.5 Å². The van der Waals surface area contributed by atoms with Crippen LogP contribution in [0.2, 0.25) is 0 Å². The van der Waals surface area contributed by atoms with Crippen molar-refractivity contribution >= 4 is 6.34 Å². The Balaban J connectivity index is 1.96. The lowest BCUT2D eigenvalue weighted by Crippen LogP contribution is -2.46. The molecule has 0 spiro atoms. The van der Waals surface area contributed by atoms with Gasteiger partial charge in [-0.05, 0) is 5.92 Å². The van der Waals surface area contributed by atoms with Crippen molar-refractivity contribution in [3.8, 4) is 0 Å². The maximum atomic E-state index is 10.0. The van der Waals surface area contributed by atoms with Gasteiger partial charge >= 0.3 is 0 Å². The predicted octanol–water partition coefficient (Wildman–Crippen LogP) is 4.35. The van der Waals surface area contributed by atoms with Crippen molar-refractivity contribution < 1.29 is 9.68 Å². The van der Waals surface area contributed by atoms with Crippen LogP contribution < -0.4 is 0 Å². The summed E-state index contributed by atoms with van der Waals surface area (Å²) in [5.74, 6) is 0.380. The van der Waals surface area contributed by atoms with Gasteiger partial charge in [-0.2, -0.15) is 0 Å². The Morgan fingerprint density at radius 2 is 1.23 bits per heavy atom. The summed E-state index contributed by atoms with van der Waals surface area (Å²) in [6, 6.07) is 32.4. The van der Waals surface area contributed by atoms with Crippen LogP contribution in [0.5, 0.6) is 0 Å². The van der Waals surface area contributed by atoms with Crippen molar-refractivity contribution in [3.63, 3.8) is 0 Å². The molecule has 1 atom stereocenters. The van der Waals surface area contributed by atoms with Gasteiger partial charge in [0, 0.05) is 16.7 Å². The molecule has 3 aromatic carbocycles. The lowest BCUT2D eigenvalue weighted by molar-refractivity contribution is -0.563. The summed E-state index contributed by atoms with van der Waals surface area (Å²) in [6.07, 6.45) is 2.24. The van der Waals surface area contributed by atoms with Crippen molar-refractivity contribution in [2.75, 3.05) is 19.7 Å². The van der Waals surface area contributed by atoms with Crippen LogP contribution in [0.3, 0.4) is 0 Å². The monoisotopic (exact) mass is 399 g/mol. The van der Waals surface area contributed by atoms with E-state index >= 15 is 0 Å².